The van der Waals surface area contributed by atoms with Gasteiger partial charge in [-0.3, -0.25) is 0 Å². The van der Waals surface area contributed by atoms with E-state index < -0.39 is 0 Å². The van der Waals surface area contributed by atoms with Crippen LogP contribution < -0.4 is 25.0 Å². The van der Waals surface area contributed by atoms with Crippen molar-refractivity contribution in [1.29, 1.82) is 0 Å². The van der Waals surface area contributed by atoms with Crippen LogP contribution in [0.2, 0.25) is 0 Å². The molecule has 2 aliphatic heterocycles. The molecule has 2 atom stereocenters. The predicted molar refractivity (Wildman–Crippen MR) is 226 cm³/mol. The molecule has 0 saturated carbocycles. The second-order valence-electron chi connectivity index (χ2n) is 13.9. The number of hydrogen-bond acceptors (Lipinski definition) is 7. The molecule has 2 fully saturated rings. The Hall–Kier alpha value is -5.88. The van der Waals surface area contributed by atoms with Crippen molar-refractivity contribution in [2.24, 2.45) is 5.73 Å². The number of rotatable bonds is 9. The molecule has 8 rings (SSSR count). The highest BCUT2D eigenvalue weighted by Crippen LogP contribution is 2.36. The number of hydrogen-bond donors (Lipinski definition) is 1. The largest absolute Gasteiger partial charge is 0.472 e. The maximum atomic E-state index is 7.61. The van der Waals surface area contributed by atoms with E-state index in [9.17, 15) is 0 Å². The number of nitrogens with two attached hydrogens (primary N) is 1. The lowest BCUT2D eigenvalue weighted by Gasteiger charge is -2.22. The number of benzene rings is 4. The Labute approximate surface area is 330 Å². The van der Waals surface area contributed by atoms with Gasteiger partial charge in [-0.2, -0.15) is 0 Å². The van der Waals surface area contributed by atoms with Crippen molar-refractivity contribution in [1.82, 2.24) is 9.97 Å². The standard InChI is InChI=1S/C23H21N3O.C23H25N3O.ClH/c1-17-8-11-23(25-15-17)27-20-12-13-26(16-20)22-10-9-19(14-21(22)24-2)18-6-4-3-5-7-18;1-17-7-10-23(25-15-17)27-21-11-12-26(16-21)22-9-8-19(13-20(22)14-24)18-5-3-2-4-6-18;/h3-11,14-15,20H,12-13,16H2,1H3;2-10,13,15,21H,11-12,14,16,24H2,1H3;1H/t20-;21-;/m11./s1. The maximum Gasteiger partial charge on any atom is 0.213 e. The molecular formula is C46H47ClN6O2. The third-order valence-corrected chi connectivity index (χ3v) is 9.92. The fraction of sp³-hybridized carbons (Fsp3) is 0.239. The summed E-state index contributed by atoms with van der Waals surface area (Å²) >= 11 is 0. The Bertz CT molecular complexity index is 2180. The van der Waals surface area contributed by atoms with E-state index >= 15 is 0 Å². The molecule has 0 amide bonds. The highest BCUT2D eigenvalue weighted by atomic mass is 35.5. The molecule has 2 saturated heterocycles. The lowest BCUT2D eigenvalue weighted by atomic mass is 10.0. The fourth-order valence-electron chi connectivity index (χ4n) is 7.03. The van der Waals surface area contributed by atoms with Crippen LogP contribution in [-0.2, 0) is 6.54 Å². The van der Waals surface area contributed by atoms with Gasteiger partial charge in [0, 0.05) is 68.4 Å². The van der Waals surface area contributed by atoms with E-state index in [0.29, 0.717) is 24.0 Å². The van der Waals surface area contributed by atoms with Crippen molar-refractivity contribution in [3.63, 3.8) is 0 Å². The smallest absolute Gasteiger partial charge is 0.213 e. The zero-order valence-corrected chi connectivity index (χ0v) is 32.2. The lowest BCUT2D eigenvalue weighted by Crippen LogP contribution is -2.26. The average molecular weight is 751 g/mol. The van der Waals surface area contributed by atoms with Gasteiger partial charge in [-0.15, -0.1) is 12.4 Å². The van der Waals surface area contributed by atoms with E-state index in [1.54, 1.807) is 0 Å². The van der Waals surface area contributed by atoms with Crippen LogP contribution in [0.25, 0.3) is 27.1 Å². The van der Waals surface area contributed by atoms with Crippen molar-refractivity contribution in [2.45, 2.75) is 45.4 Å². The number of ether oxygens (including phenoxy) is 2. The van der Waals surface area contributed by atoms with E-state index in [2.05, 4.69) is 91.3 Å². The SMILES string of the molecule is Cc1ccc(O[C@@H]2CCN(c3ccc(-c4ccccc4)cc3CN)C2)nc1.Cl.[C-]#[N+]c1cc(-c2ccccc2)ccc1N1CC[C@@H](Oc2ccc(C)cn2)C1. The highest BCUT2D eigenvalue weighted by Gasteiger charge is 2.27. The Morgan fingerprint density at radius 1 is 0.636 bits per heavy atom. The van der Waals surface area contributed by atoms with Gasteiger partial charge in [0.15, 0.2) is 0 Å². The van der Waals surface area contributed by atoms with Crippen molar-refractivity contribution < 1.29 is 9.47 Å². The van der Waals surface area contributed by atoms with Gasteiger partial charge in [0.25, 0.3) is 0 Å². The fourth-order valence-corrected chi connectivity index (χ4v) is 7.03. The highest BCUT2D eigenvalue weighted by molar-refractivity contribution is 5.85. The number of aryl methyl sites for hydroxylation is 2. The first-order valence-electron chi connectivity index (χ1n) is 18.6. The summed E-state index contributed by atoms with van der Waals surface area (Å²) in [6.45, 7) is 15.6. The van der Waals surface area contributed by atoms with Gasteiger partial charge in [-0.05, 0) is 77.1 Å². The van der Waals surface area contributed by atoms with Crippen LogP contribution in [0.4, 0.5) is 17.1 Å². The zero-order valence-electron chi connectivity index (χ0n) is 31.3. The van der Waals surface area contributed by atoms with Gasteiger partial charge in [-0.25, -0.2) is 14.8 Å². The molecule has 2 N–H and O–H groups in total. The van der Waals surface area contributed by atoms with Crippen molar-refractivity contribution in [3.05, 3.63) is 162 Å². The van der Waals surface area contributed by atoms with Crippen LogP contribution >= 0.6 is 12.4 Å². The number of anilines is 2. The van der Waals surface area contributed by atoms with E-state index in [0.717, 1.165) is 67.0 Å². The second-order valence-corrected chi connectivity index (χ2v) is 13.9. The minimum absolute atomic E-state index is 0. The summed E-state index contributed by atoms with van der Waals surface area (Å²) in [6.07, 6.45) is 5.82. The Morgan fingerprint density at radius 3 is 1.60 bits per heavy atom. The monoisotopic (exact) mass is 750 g/mol. The Morgan fingerprint density at radius 2 is 1.13 bits per heavy atom. The van der Waals surface area contributed by atoms with E-state index in [-0.39, 0.29) is 24.6 Å². The molecule has 2 aliphatic rings. The topological polar surface area (TPSA) is 81.1 Å². The van der Waals surface area contributed by atoms with E-state index in [4.69, 9.17) is 21.8 Å². The molecule has 0 unspecified atom stereocenters. The van der Waals surface area contributed by atoms with Crippen molar-refractivity contribution >= 4 is 29.5 Å². The molecule has 0 bridgehead atoms. The molecule has 2 aromatic heterocycles. The van der Waals surface area contributed by atoms with Crippen LogP contribution in [0.3, 0.4) is 0 Å². The van der Waals surface area contributed by atoms with Crippen LogP contribution in [0.1, 0.15) is 29.5 Å². The third-order valence-electron chi connectivity index (χ3n) is 9.92. The summed E-state index contributed by atoms with van der Waals surface area (Å²) in [5.41, 5.74) is 17.0. The first-order chi connectivity index (χ1) is 26.4. The Kier molecular flexibility index (Phi) is 13.0. The van der Waals surface area contributed by atoms with Crippen LogP contribution in [0, 0.1) is 20.4 Å². The molecule has 4 heterocycles. The average Bonchev–Trinajstić information content (AvgIpc) is 3.90. The van der Waals surface area contributed by atoms with E-state index in [1.807, 2.05) is 80.8 Å². The van der Waals surface area contributed by atoms with Gasteiger partial charge in [0.2, 0.25) is 17.4 Å². The molecular weight excluding hydrogens is 704 g/mol. The molecule has 0 spiro atoms. The molecule has 280 valence electrons. The molecule has 9 heteroatoms. The van der Waals surface area contributed by atoms with Crippen LogP contribution in [0.5, 0.6) is 11.8 Å². The molecule has 55 heavy (non-hydrogen) atoms. The van der Waals surface area contributed by atoms with E-state index in [1.165, 1.54) is 22.4 Å². The summed E-state index contributed by atoms with van der Waals surface area (Å²) in [5.74, 6) is 1.36. The minimum Gasteiger partial charge on any atom is -0.472 e. The zero-order chi connectivity index (χ0) is 37.3. The summed E-state index contributed by atoms with van der Waals surface area (Å²) < 4.78 is 12.1. The summed E-state index contributed by atoms with van der Waals surface area (Å²) in [7, 11) is 0. The van der Waals surface area contributed by atoms with Crippen molar-refractivity contribution in [3.8, 4) is 34.0 Å². The van der Waals surface area contributed by atoms with Gasteiger partial charge in [-0.1, -0.05) is 84.9 Å². The predicted octanol–water partition coefficient (Wildman–Crippen LogP) is 9.86. The number of nitrogens with zero attached hydrogens (tertiary/aromatic N) is 5. The van der Waals surface area contributed by atoms with Gasteiger partial charge >= 0.3 is 0 Å². The van der Waals surface area contributed by atoms with Crippen LogP contribution in [0.15, 0.2) is 134 Å². The third kappa shape index (κ3) is 9.81. The minimum atomic E-state index is 0. The maximum absolute atomic E-state index is 7.61. The molecule has 0 aliphatic carbocycles. The lowest BCUT2D eigenvalue weighted by molar-refractivity contribution is 0.215. The number of aromatic nitrogens is 2. The van der Waals surface area contributed by atoms with Gasteiger partial charge in [0.1, 0.15) is 12.2 Å². The van der Waals surface area contributed by atoms with Gasteiger partial charge < -0.3 is 25.0 Å². The molecule has 6 aromatic rings. The normalized spacial score (nSPS) is 16.0. The summed E-state index contributed by atoms with van der Waals surface area (Å²) in [6, 6.07) is 41.2. The quantitative estimate of drug-likeness (QED) is 0.147. The van der Waals surface area contributed by atoms with Gasteiger partial charge in [0.05, 0.1) is 19.7 Å². The first-order valence-corrected chi connectivity index (χ1v) is 18.6. The summed E-state index contributed by atoms with van der Waals surface area (Å²) in [4.78, 5) is 17.1. The molecule has 0 radical (unpaired) electrons. The number of pyridine rings is 2. The molecule has 4 aromatic carbocycles. The first kappa shape index (κ1) is 38.8. The Balaban J connectivity index is 0.000000184. The summed E-state index contributed by atoms with van der Waals surface area (Å²) in [5, 5.41) is 0. The molecule has 8 nitrogen and oxygen atoms in total. The van der Waals surface area contributed by atoms with Crippen LogP contribution in [-0.4, -0.2) is 48.4 Å². The number of halogens is 1. The van der Waals surface area contributed by atoms with Crippen molar-refractivity contribution in [2.75, 3.05) is 36.0 Å². The second kappa shape index (κ2) is 18.4.